The molecule has 1 aromatic heterocycles. The minimum Gasteiger partial charge on any atom is -0.504 e. The molecule has 176 valence electrons. The van der Waals surface area contributed by atoms with E-state index in [1.54, 1.807) is 0 Å². The lowest BCUT2D eigenvalue weighted by molar-refractivity contribution is 0.0684. The first kappa shape index (κ1) is 24.1. The molecule has 3 rings (SSSR count). The molecule has 1 heterocycles. The van der Waals surface area contributed by atoms with Crippen molar-refractivity contribution < 1.29 is 53.9 Å². The minimum absolute atomic E-state index is 0.286. The van der Waals surface area contributed by atoms with E-state index in [1.807, 2.05) is 5.10 Å². The number of hydrogen-bond donors (Lipinski definition) is 6. The van der Waals surface area contributed by atoms with Crippen LogP contribution < -0.4 is 0 Å². The van der Waals surface area contributed by atoms with Crippen LogP contribution in [0.3, 0.4) is 0 Å². The highest BCUT2D eigenvalue weighted by Gasteiger charge is 2.28. The van der Waals surface area contributed by atoms with E-state index in [-0.39, 0.29) is 6.07 Å². The normalized spacial score (nSPS) is 13.1. The van der Waals surface area contributed by atoms with Crippen LogP contribution in [0.15, 0.2) is 43.1 Å². The highest BCUT2D eigenvalue weighted by molar-refractivity contribution is 7.87. The predicted molar refractivity (Wildman–Crippen MR) is 103 cm³/mol. The van der Waals surface area contributed by atoms with Gasteiger partial charge in [0.2, 0.25) is 5.82 Å². The van der Waals surface area contributed by atoms with Crippen molar-refractivity contribution in [3.8, 4) is 5.75 Å². The number of fused-ring (bicyclic) bond motifs is 1. The first-order chi connectivity index (χ1) is 15.0. The number of aromatic nitrogens is 3. The van der Waals surface area contributed by atoms with Crippen LogP contribution in [0.25, 0.3) is 10.8 Å². The average Bonchev–Trinajstić information content (AvgIpc) is 3.13. The smallest absolute Gasteiger partial charge is 0.373 e. The molecule has 0 radical (unpaired) electrons. The molecule has 3 aromatic rings. The van der Waals surface area contributed by atoms with Crippen molar-refractivity contribution in [3.63, 3.8) is 0 Å². The Morgan fingerprint density at radius 3 is 1.97 bits per heavy atom. The van der Waals surface area contributed by atoms with Crippen molar-refractivity contribution in [3.05, 3.63) is 24.0 Å². The van der Waals surface area contributed by atoms with Crippen LogP contribution in [0.5, 0.6) is 5.75 Å². The fraction of sp³-hybridized carbons (Fsp3) is 0. The summed E-state index contributed by atoms with van der Waals surface area (Å²) in [6.45, 7) is 0. The number of aromatic hydroxyl groups is 1. The van der Waals surface area contributed by atoms with E-state index in [0.29, 0.717) is 12.1 Å². The molecule has 0 fully saturated rings. The van der Waals surface area contributed by atoms with Crippen molar-refractivity contribution in [2.24, 2.45) is 10.2 Å². The molecule has 0 aliphatic heterocycles. The van der Waals surface area contributed by atoms with Gasteiger partial charge in [-0.1, -0.05) is 0 Å². The predicted octanol–water partition coefficient (Wildman–Crippen LogP) is 0.517. The summed E-state index contributed by atoms with van der Waals surface area (Å²) in [5.74, 6) is -4.30. The van der Waals surface area contributed by atoms with E-state index < -0.39 is 85.0 Å². The molecule has 20 heteroatoms. The standard InChI is InChI=1S/C13H9N5O12S3/c19-10-7(33(28,29)30)2-4-1-5(31(22,23)24)3-6(32(25,26)27)8(4)9(10)15-17-13-14-11(12(20)21)16-18-13/h1-3,19H,(H,20,21)(H,14,16,18)(H,22,23,24)(H,25,26,27)(H,28,29,30). The van der Waals surface area contributed by atoms with Crippen molar-refractivity contribution in [1.29, 1.82) is 0 Å². The largest absolute Gasteiger partial charge is 0.504 e. The third kappa shape index (κ3) is 4.79. The maximum atomic E-state index is 11.9. The molecule has 0 unspecified atom stereocenters. The molecule has 33 heavy (non-hydrogen) atoms. The number of phenolic OH excluding ortho intramolecular Hbond substituents is 1. The van der Waals surface area contributed by atoms with Crippen LogP contribution >= 0.6 is 0 Å². The summed E-state index contributed by atoms with van der Waals surface area (Å²) in [7, 11) is -15.6. The molecule has 0 bridgehead atoms. The minimum atomic E-state index is -5.31. The van der Waals surface area contributed by atoms with Gasteiger partial charge in [0.05, 0.1) is 4.90 Å². The molecular weight excluding hydrogens is 514 g/mol. The molecule has 17 nitrogen and oxygen atoms in total. The van der Waals surface area contributed by atoms with Gasteiger partial charge in [-0.2, -0.15) is 30.2 Å². The number of carboxylic acid groups (broad SMARTS) is 1. The van der Waals surface area contributed by atoms with Gasteiger partial charge in [0.1, 0.15) is 15.5 Å². The summed E-state index contributed by atoms with van der Waals surface area (Å²) in [5.41, 5.74) is -1.03. The van der Waals surface area contributed by atoms with E-state index in [4.69, 9.17) is 5.11 Å². The number of aromatic carboxylic acids is 1. The summed E-state index contributed by atoms with van der Waals surface area (Å²) in [5, 5.41) is 29.7. The molecular formula is C13H9N5O12S3. The van der Waals surface area contributed by atoms with Gasteiger partial charge < -0.3 is 10.2 Å². The van der Waals surface area contributed by atoms with Crippen LogP contribution in [0.2, 0.25) is 0 Å². The number of aromatic amines is 1. The quantitative estimate of drug-likeness (QED) is 0.190. The second-order valence-electron chi connectivity index (χ2n) is 6.01. The lowest BCUT2D eigenvalue weighted by Gasteiger charge is -2.12. The number of H-pyrrole nitrogens is 1. The average molecular weight is 523 g/mol. The van der Waals surface area contributed by atoms with Crippen LogP contribution in [0.4, 0.5) is 11.6 Å². The van der Waals surface area contributed by atoms with Gasteiger partial charge in [0, 0.05) is 5.39 Å². The summed E-state index contributed by atoms with van der Waals surface area (Å²) in [6.07, 6.45) is 0. The van der Waals surface area contributed by atoms with Crippen molar-refractivity contribution in [1.82, 2.24) is 15.2 Å². The molecule has 2 aromatic carbocycles. The monoisotopic (exact) mass is 523 g/mol. The Morgan fingerprint density at radius 1 is 0.879 bits per heavy atom. The summed E-state index contributed by atoms with van der Waals surface area (Å²) in [4.78, 5) is 10.6. The van der Waals surface area contributed by atoms with Gasteiger partial charge in [0.25, 0.3) is 36.3 Å². The number of phenols is 1. The Hall–Kier alpha value is -3.56. The molecule has 0 aliphatic rings. The molecule has 0 aliphatic carbocycles. The van der Waals surface area contributed by atoms with Gasteiger partial charge in [-0.15, -0.1) is 15.3 Å². The second kappa shape index (κ2) is 7.79. The number of rotatable bonds is 6. The number of azo groups is 1. The van der Waals surface area contributed by atoms with Gasteiger partial charge >= 0.3 is 5.97 Å². The Bertz CT molecular complexity index is 1670. The molecule has 0 atom stereocenters. The summed E-state index contributed by atoms with van der Waals surface area (Å²) < 4.78 is 98.3. The van der Waals surface area contributed by atoms with Crippen LogP contribution in [0.1, 0.15) is 10.6 Å². The van der Waals surface area contributed by atoms with Crippen LogP contribution in [-0.2, 0) is 30.4 Å². The van der Waals surface area contributed by atoms with E-state index >= 15 is 0 Å². The third-order valence-electron chi connectivity index (χ3n) is 3.86. The van der Waals surface area contributed by atoms with E-state index in [9.17, 15) is 48.8 Å². The lowest BCUT2D eigenvalue weighted by Crippen LogP contribution is -2.06. The number of nitrogens with one attached hydrogen (secondary N) is 1. The van der Waals surface area contributed by atoms with Gasteiger partial charge in [-0.05, 0) is 23.6 Å². The molecule has 0 amide bonds. The van der Waals surface area contributed by atoms with Crippen molar-refractivity contribution in [2.45, 2.75) is 14.7 Å². The van der Waals surface area contributed by atoms with Crippen LogP contribution in [-0.4, -0.2) is 70.3 Å². The Balaban J connectivity index is 2.49. The number of hydrogen-bond acceptors (Lipinski definition) is 12. The fourth-order valence-electron chi connectivity index (χ4n) is 2.56. The first-order valence-electron chi connectivity index (χ1n) is 7.84. The Kier molecular flexibility index (Phi) is 5.68. The van der Waals surface area contributed by atoms with Crippen LogP contribution in [0, 0.1) is 0 Å². The molecule has 0 saturated heterocycles. The van der Waals surface area contributed by atoms with E-state index in [0.717, 1.165) is 0 Å². The maximum Gasteiger partial charge on any atom is 0.373 e. The highest BCUT2D eigenvalue weighted by atomic mass is 32.2. The number of carbonyl (C=O) groups is 1. The second-order valence-corrected chi connectivity index (χ2v) is 10.2. The Morgan fingerprint density at radius 2 is 1.48 bits per heavy atom. The zero-order valence-corrected chi connectivity index (χ0v) is 17.8. The lowest BCUT2D eigenvalue weighted by atomic mass is 10.1. The molecule has 6 N–H and O–H groups in total. The topological polar surface area (TPSA) is 287 Å². The van der Waals surface area contributed by atoms with E-state index in [1.165, 1.54) is 0 Å². The zero-order chi connectivity index (χ0) is 24.9. The number of nitrogens with zero attached hydrogens (tertiary/aromatic N) is 4. The first-order valence-corrected chi connectivity index (χ1v) is 12.2. The number of carboxylic acids is 1. The third-order valence-corrected chi connectivity index (χ3v) is 6.43. The van der Waals surface area contributed by atoms with Gasteiger partial charge in [0.15, 0.2) is 5.75 Å². The highest BCUT2D eigenvalue weighted by Crippen LogP contribution is 2.44. The van der Waals surface area contributed by atoms with Crippen molar-refractivity contribution in [2.75, 3.05) is 0 Å². The van der Waals surface area contributed by atoms with E-state index in [2.05, 4.69) is 20.3 Å². The summed E-state index contributed by atoms with van der Waals surface area (Å²) in [6, 6.07) is 1.29. The van der Waals surface area contributed by atoms with Gasteiger partial charge in [-0.25, -0.2) is 4.79 Å². The Labute approximate surface area is 182 Å². The zero-order valence-electron chi connectivity index (χ0n) is 15.3. The maximum absolute atomic E-state index is 11.9. The molecule has 0 spiro atoms. The SMILES string of the molecule is O=C(O)c1nc(N=Nc2c(O)c(S(=O)(=O)O)cc3cc(S(=O)(=O)O)cc(S(=O)(=O)O)c23)n[nH]1. The molecule has 0 saturated carbocycles. The summed E-state index contributed by atoms with van der Waals surface area (Å²) >= 11 is 0. The fourth-order valence-corrected chi connectivity index (χ4v) is 4.54. The van der Waals surface area contributed by atoms with Gasteiger partial charge in [-0.3, -0.25) is 18.8 Å². The number of benzene rings is 2. The van der Waals surface area contributed by atoms with Crippen molar-refractivity contribution >= 4 is 58.7 Å².